The molecule has 0 aliphatic heterocycles. The Hall–Kier alpha value is -3.12. The molecule has 30 heavy (non-hydrogen) atoms. The molecule has 3 rings (SSSR count). The molecule has 156 valence electrons. The summed E-state index contributed by atoms with van der Waals surface area (Å²) in [7, 11) is -3.83. The van der Waals surface area contributed by atoms with Crippen LogP contribution in [0.5, 0.6) is 11.5 Å². The summed E-state index contributed by atoms with van der Waals surface area (Å²) in [5.41, 5.74) is 3.77. The van der Waals surface area contributed by atoms with Crippen LogP contribution in [0.3, 0.4) is 0 Å². The first-order valence-electron chi connectivity index (χ1n) is 9.53. The molecule has 6 heteroatoms. The Labute approximate surface area is 176 Å². The minimum atomic E-state index is -3.83. The summed E-state index contributed by atoms with van der Waals surface area (Å²) in [4.78, 5) is 11.2. The van der Waals surface area contributed by atoms with Crippen LogP contribution in [0.1, 0.15) is 29.2 Å². The van der Waals surface area contributed by atoms with Gasteiger partial charge in [0.05, 0.1) is 4.90 Å². The topological polar surface area (TPSA) is 80.7 Å². The molecule has 0 amide bonds. The van der Waals surface area contributed by atoms with Crippen LogP contribution in [-0.2, 0) is 21.1 Å². The van der Waals surface area contributed by atoms with Crippen LogP contribution >= 0.6 is 0 Å². The minimum absolute atomic E-state index is 0.0247. The highest BCUT2D eigenvalue weighted by Gasteiger charge is 2.22. The lowest BCUT2D eigenvalue weighted by Gasteiger charge is -2.14. The van der Waals surface area contributed by atoms with Gasteiger partial charge >= 0.3 is 0 Å². The van der Waals surface area contributed by atoms with Gasteiger partial charge in [0.1, 0.15) is 23.0 Å². The highest BCUT2D eigenvalue weighted by molar-refractivity contribution is 7.91. The number of carbonyl (C=O) groups excluding carboxylic acids is 1. The third kappa shape index (κ3) is 4.71. The van der Waals surface area contributed by atoms with Gasteiger partial charge in [-0.25, -0.2) is 8.42 Å². The maximum Gasteiger partial charge on any atom is 0.210 e. The lowest BCUT2D eigenvalue weighted by molar-refractivity contribution is -0.118. The molecule has 0 fully saturated rings. The van der Waals surface area contributed by atoms with Crippen molar-refractivity contribution >= 4 is 15.6 Å². The molecule has 0 aromatic heterocycles. The number of phenols is 1. The number of benzene rings is 3. The van der Waals surface area contributed by atoms with E-state index in [4.69, 9.17) is 4.74 Å². The predicted octanol–water partition coefficient (Wildman–Crippen LogP) is 4.40. The number of rotatable bonds is 7. The third-order valence-electron chi connectivity index (χ3n) is 4.86. The number of ether oxygens (including phenoxy) is 1. The van der Waals surface area contributed by atoms with Crippen LogP contribution in [-0.4, -0.2) is 25.9 Å². The summed E-state index contributed by atoms with van der Waals surface area (Å²) in [5, 5.41) is 10.2. The van der Waals surface area contributed by atoms with Crippen LogP contribution < -0.4 is 4.74 Å². The van der Waals surface area contributed by atoms with Crippen molar-refractivity contribution in [2.75, 3.05) is 6.61 Å². The number of Topliss-reactive ketones (excluding diaryl/α,β-unsaturated/α-hetero) is 1. The van der Waals surface area contributed by atoms with Crippen molar-refractivity contribution in [3.8, 4) is 11.5 Å². The number of hydrogen-bond acceptors (Lipinski definition) is 5. The first-order chi connectivity index (χ1) is 14.2. The van der Waals surface area contributed by atoms with E-state index < -0.39 is 9.84 Å². The number of aryl methyl sites for hydroxylation is 2. The number of hydrogen-bond donors (Lipinski definition) is 1. The summed E-state index contributed by atoms with van der Waals surface area (Å²) >= 11 is 0. The van der Waals surface area contributed by atoms with Crippen LogP contribution in [0.15, 0.2) is 70.5 Å². The molecule has 3 aromatic carbocycles. The zero-order valence-corrected chi connectivity index (χ0v) is 18.0. The van der Waals surface area contributed by atoms with E-state index in [2.05, 4.69) is 0 Å². The quantitative estimate of drug-likeness (QED) is 0.608. The molecule has 0 atom stereocenters. The average molecular weight is 425 g/mol. The van der Waals surface area contributed by atoms with E-state index >= 15 is 0 Å². The monoisotopic (exact) mass is 424 g/mol. The Morgan fingerprint density at radius 3 is 2.20 bits per heavy atom. The first kappa shape index (κ1) is 21.6. The molecule has 0 saturated heterocycles. The van der Waals surface area contributed by atoms with E-state index in [0.717, 1.165) is 22.3 Å². The molecular formula is C24H24O5S. The van der Waals surface area contributed by atoms with Gasteiger partial charge in [-0.1, -0.05) is 24.3 Å². The number of sulfone groups is 1. The minimum Gasteiger partial charge on any atom is -0.507 e. The molecule has 0 aliphatic carbocycles. The van der Waals surface area contributed by atoms with Gasteiger partial charge < -0.3 is 9.84 Å². The zero-order chi connectivity index (χ0) is 21.9. The van der Waals surface area contributed by atoms with Gasteiger partial charge in [0.25, 0.3) is 0 Å². The second kappa shape index (κ2) is 8.71. The molecular weight excluding hydrogens is 400 g/mol. The highest BCUT2D eigenvalue weighted by Crippen LogP contribution is 2.31. The second-order valence-corrected chi connectivity index (χ2v) is 9.24. The molecule has 1 N–H and O–H groups in total. The molecule has 0 bridgehead atoms. The molecule has 0 saturated carbocycles. The lowest BCUT2D eigenvalue weighted by Crippen LogP contribution is -2.07. The van der Waals surface area contributed by atoms with Gasteiger partial charge in [-0.15, -0.1) is 0 Å². The van der Waals surface area contributed by atoms with Crippen LogP contribution in [0.25, 0.3) is 0 Å². The van der Waals surface area contributed by atoms with Crippen molar-refractivity contribution in [3.63, 3.8) is 0 Å². The van der Waals surface area contributed by atoms with Crippen molar-refractivity contribution in [1.82, 2.24) is 0 Å². The van der Waals surface area contributed by atoms with Crippen LogP contribution in [0, 0.1) is 13.8 Å². The van der Waals surface area contributed by atoms with Gasteiger partial charge in [-0.05, 0) is 85.8 Å². The van der Waals surface area contributed by atoms with Crippen molar-refractivity contribution in [2.45, 2.75) is 37.0 Å². The van der Waals surface area contributed by atoms with E-state index in [1.165, 1.54) is 31.2 Å². The predicted molar refractivity (Wildman–Crippen MR) is 115 cm³/mol. The van der Waals surface area contributed by atoms with Crippen molar-refractivity contribution in [1.29, 1.82) is 0 Å². The molecule has 0 radical (unpaired) electrons. The number of phenolic OH excluding ortho intramolecular Hbond substituents is 1. The van der Waals surface area contributed by atoms with Gasteiger partial charge in [0.15, 0.2) is 5.78 Å². The van der Waals surface area contributed by atoms with Crippen molar-refractivity contribution in [3.05, 3.63) is 82.9 Å². The highest BCUT2D eigenvalue weighted by atomic mass is 32.2. The smallest absolute Gasteiger partial charge is 0.210 e. The molecule has 3 aromatic rings. The van der Waals surface area contributed by atoms with E-state index in [9.17, 15) is 18.3 Å². The van der Waals surface area contributed by atoms with E-state index in [-0.39, 0.29) is 27.9 Å². The van der Waals surface area contributed by atoms with E-state index in [1.807, 2.05) is 26.0 Å². The van der Waals surface area contributed by atoms with Gasteiger partial charge in [0, 0.05) is 0 Å². The maximum absolute atomic E-state index is 13.0. The molecule has 0 spiro atoms. The summed E-state index contributed by atoms with van der Waals surface area (Å²) in [6, 6.07) is 16.5. The van der Waals surface area contributed by atoms with Crippen molar-refractivity contribution in [2.24, 2.45) is 0 Å². The Bertz CT molecular complexity index is 1160. The molecule has 0 heterocycles. The third-order valence-corrected chi connectivity index (χ3v) is 6.66. The van der Waals surface area contributed by atoms with Gasteiger partial charge in [0.2, 0.25) is 9.84 Å². The van der Waals surface area contributed by atoms with Crippen LogP contribution in [0.2, 0.25) is 0 Å². The Kier molecular flexibility index (Phi) is 6.27. The summed E-state index contributed by atoms with van der Waals surface area (Å²) in [5.74, 6) is 0.302. The van der Waals surface area contributed by atoms with Crippen LogP contribution in [0.4, 0.5) is 0 Å². The fraction of sp³-hybridized carbons (Fsp3) is 0.208. The fourth-order valence-corrected chi connectivity index (χ4v) is 4.73. The molecule has 0 aliphatic rings. The number of aromatic hydroxyl groups is 1. The number of ketones is 1. The Balaban J connectivity index is 1.94. The SMILES string of the molecule is CC(=O)COc1cc(C)c(Cc2ccc(O)c(S(=O)(=O)c3ccccc3)c2)c(C)c1. The Morgan fingerprint density at radius 1 is 0.967 bits per heavy atom. The molecule has 0 unspecified atom stereocenters. The number of carbonyl (C=O) groups is 1. The van der Waals surface area contributed by atoms with E-state index in [0.29, 0.717) is 12.2 Å². The lowest BCUT2D eigenvalue weighted by atomic mass is 9.96. The Morgan fingerprint density at radius 2 is 1.60 bits per heavy atom. The fourth-order valence-electron chi connectivity index (χ4n) is 3.32. The first-order valence-corrected chi connectivity index (χ1v) is 11.0. The summed E-state index contributed by atoms with van der Waals surface area (Å²) in [6.45, 7) is 5.40. The van der Waals surface area contributed by atoms with Gasteiger partial charge in [-0.3, -0.25) is 4.79 Å². The maximum atomic E-state index is 13.0. The molecule has 5 nitrogen and oxygen atoms in total. The standard InChI is InChI=1S/C24H24O5S/c1-16-11-20(29-15-18(3)25)12-17(2)22(16)13-19-9-10-23(26)24(14-19)30(27,28)21-7-5-4-6-8-21/h4-12,14,26H,13,15H2,1-3H3. The zero-order valence-electron chi connectivity index (χ0n) is 17.2. The van der Waals surface area contributed by atoms with E-state index in [1.54, 1.807) is 24.3 Å². The van der Waals surface area contributed by atoms with Crippen molar-refractivity contribution < 1.29 is 23.1 Å². The average Bonchev–Trinajstić information content (AvgIpc) is 2.71. The second-order valence-electron chi connectivity index (χ2n) is 7.32. The summed E-state index contributed by atoms with van der Waals surface area (Å²) in [6.07, 6.45) is 0.502. The van der Waals surface area contributed by atoms with Gasteiger partial charge in [-0.2, -0.15) is 0 Å². The summed E-state index contributed by atoms with van der Waals surface area (Å²) < 4.78 is 31.4. The largest absolute Gasteiger partial charge is 0.507 e. The normalized spacial score (nSPS) is 11.3.